The normalized spacial score (nSPS) is 32.7. The van der Waals surface area contributed by atoms with Crippen molar-refractivity contribution in [2.24, 2.45) is 11.3 Å². The molecule has 0 aromatic heterocycles. The first-order valence-electron chi connectivity index (χ1n) is 6.84. The molecule has 2 aliphatic rings. The van der Waals surface area contributed by atoms with Crippen molar-refractivity contribution in [1.29, 1.82) is 0 Å². The van der Waals surface area contributed by atoms with Gasteiger partial charge in [0, 0.05) is 13.1 Å². The Labute approximate surface area is 105 Å². The molecule has 2 rings (SSSR count). The van der Waals surface area contributed by atoms with Crippen molar-refractivity contribution in [2.45, 2.75) is 59.0 Å². The Morgan fingerprint density at radius 1 is 1.47 bits per heavy atom. The van der Waals surface area contributed by atoms with Crippen molar-refractivity contribution in [3.05, 3.63) is 0 Å². The molecule has 0 N–H and O–H groups in total. The van der Waals surface area contributed by atoms with Crippen LogP contribution in [-0.2, 0) is 4.74 Å². The molecule has 1 aliphatic carbocycles. The van der Waals surface area contributed by atoms with Crippen LogP contribution in [0.3, 0.4) is 0 Å². The van der Waals surface area contributed by atoms with Crippen LogP contribution in [0.4, 0.5) is 4.79 Å². The molecule has 2 fully saturated rings. The number of rotatable bonds is 1. The van der Waals surface area contributed by atoms with E-state index in [-0.39, 0.29) is 11.7 Å². The average Bonchev–Trinajstić information content (AvgIpc) is 2.70. The zero-order chi connectivity index (χ0) is 12.7. The number of carbonyl (C=O) groups excluding carboxylic acids is 1. The molecule has 1 saturated heterocycles. The van der Waals surface area contributed by atoms with E-state index < -0.39 is 0 Å². The van der Waals surface area contributed by atoms with Crippen molar-refractivity contribution in [3.63, 3.8) is 0 Å². The fourth-order valence-electron chi connectivity index (χ4n) is 3.46. The van der Waals surface area contributed by atoms with Gasteiger partial charge >= 0.3 is 6.09 Å². The molecule has 0 spiro atoms. The first-order valence-corrected chi connectivity index (χ1v) is 6.84. The first-order chi connectivity index (χ1) is 7.86. The fraction of sp³-hybridized carbons (Fsp3) is 0.929. The van der Waals surface area contributed by atoms with Crippen LogP contribution in [0.2, 0.25) is 0 Å². The number of nitrogens with zero attached hydrogens (tertiary/aromatic N) is 1. The van der Waals surface area contributed by atoms with E-state index in [0.29, 0.717) is 11.3 Å². The van der Waals surface area contributed by atoms with Gasteiger partial charge in [-0.2, -0.15) is 0 Å². The molecule has 1 amide bonds. The van der Waals surface area contributed by atoms with Crippen LogP contribution in [0, 0.1) is 11.3 Å². The molecule has 1 heterocycles. The molecular formula is C14H25NO2. The summed E-state index contributed by atoms with van der Waals surface area (Å²) in [6.45, 7) is 9.86. The van der Waals surface area contributed by atoms with Crippen LogP contribution in [0.5, 0.6) is 0 Å². The summed E-state index contributed by atoms with van der Waals surface area (Å²) in [6, 6.07) is 0. The highest BCUT2D eigenvalue weighted by Crippen LogP contribution is 2.50. The van der Waals surface area contributed by atoms with Gasteiger partial charge in [0.25, 0.3) is 0 Å². The summed E-state index contributed by atoms with van der Waals surface area (Å²) in [7, 11) is 0. The first kappa shape index (κ1) is 12.7. The largest absolute Gasteiger partial charge is 0.444 e. The van der Waals surface area contributed by atoms with E-state index in [1.54, 1.807) is 0 Å². The van der Waals surface area contributed by atoms with Gasteiger partial charge in [-0.1, -0.05) is 13.3 Å². The molecule has 0 radical (unpaired) electrons. The molecule has 0 bridgehead atoms. The highest BCUT2D eigenvalue weighted by atomic mass is 16.6. The highest BCUT2D eigenvalue weighted by Gasteiger charge is 2.49. The third kappa shape index (κ3) is 2.43. The molecule has 0 unspecified atom stereocenters. The molecule has 0 aromatic rings. The van der Waals surface area contributed by atoms with Crippen molar-refractivity contribution in [3.8, 4) is 0 Å². The number of fused-ring (bicyclic) bond motifs is 1. The van der Waals surface area contributed by atoms with Gasteiger partial charge in [-0.05, 0) is 51.4 Å². The summed E-state index contributed by atoms with van der Waals surface area (Å²) < 4.78 is 5.46. The summed E-state index contributed by atoms with van der Waals surface area (Å²) in [5.74, 6) is 0.708. The Morgan fingerprint density at radius 2 is 2.18 bits per heavy atom. The van der Waals surface area contributed by atoms with Gasteiger partial charge in [0.05, 0.1) is 0 Å². The topological polar surface area (TPSA) is 29.5 Å². The summed E-state index contributed by atoms with van der Waals surface area (Å²) in [4.78, 5) is 14.0. The zero-order valence-corrected chi connectivity index (χ0v) is 11.6. The van der Waals surface area contributed by atoms with Crippen LogP contribution in [-0.4, -0.2) is 29.7 Å². The summed E-state index contributed by atoms with van der Waals surface area (Å²) in [5, 5.41) is 0. The summed E-state index contributed by atoms with van der Waals surface area (Å²) >= 11 is 0. The minimum Gasteiger partial charge on any atom is -0.444 e. The number of hydrogen-bond acceptors (Lipinski definition) is 2. The molecule has 3 nitrogen and oxygen atoms in total. The predicted octanol–water partition coefficient (Wildman–Crippen LogP) is 3.43. The number of hydrogen-bond donors (Lipinski definition) is 0. The van der Waals surface area contributed by atoms with Crippen molar-refractivity contribution in [1.82, 2.24) is 4.90 Å². The predicted molar refractivity (Wildman–Crippen MR) is 67.9 cm³/mol. The Hall–Kier alpha value is -0.730. The lowest BCUT2D eigenvalue weighted by Crippen LogP contribution is -2.36. The van der Waals surface area contributed by atoms with Crippen LogP contribution >= 0.6 is 0 Å². The molecule has 98 valence electrons. The number of carbonyl (C=O) groups is 1. The van der Waals surface area contributed by atoms with Gasteiger partial charge in [0.2, 0.25) is 0 Å². The van der Waals surface area contributed by atoms with Gasteiger partial charge in [-0.25, -0.2) is 4.79 Å². The highest BCUT2D eigenvalue weighted by molar-refractivity contribution is 5.68. The van der Waals surface area contributed by atoms with E-state index in [0.717, 1.165) is 13.1 Å². The van der Waals surface area contributed by atoms with Gasteiger partial charge in [-0.3, -0.25) is 0 Å². The lowest BCUT2D eigenvalue weighted by molar-refractivity contribution is 0.0267. The number of ether oxygens (including phenoxy) is 1. The van der Waals surface area contributed by atoms with E-state index in [1.165, 1.54) is 25.7 Å². The second-order valence-electron chi connectivity index (χ2n) is 6.67. The Kier molecular flexibility index (Phi) is 3.13. The fourth-order valence-corrected chi connectivity index (χ4v) is 3.46. The Balaban J connectivity index is 2.00. The van der Waals surface area contributed by atoms with E-state index >= 15 is 0 Å². The van der Waals surface area contributed by atoms with Gasteiger partial charge in [0.1, 0.15) is 5.60 Å². The Bertz CT molecular complexity index is 308. The lowest BCUT2D eigenvalue weighted by Gasteiger charge is -2.28. The molecule has 1 saturated carbocycles. The monoisotopic (exact) mass is 239 g/mol. The van der Waals surface area contributed by atoms with Gasteiger partial charge in [0.15, 0.2) is 0 Å². The maximum Gasteiger partial charge on any atom is 0.410 e. The van der Waals surface area contributed by atoms with Crippen LogP contribution < -0.4 is 0 Å². The van der Waals surface area contributed by atoms with Crippen LogP contribution in [0.25, 0.3) is 0 Å². The molecule has 1 aliphatic heterocycles. The van der Waals surface area contributed by atoms with E-state index in [4.69, 9.17) is 4.74 Å². The standard InChI is InChI=1S/C14H25NO2/c1-5-14-8-6-7-11(14)9-15(10-14)12(16)17-13(2,3)4/h11H,5-10H2,1-4H3/t11-,14-/m0/s1. The molecule has 0 aromatic carbocycles. The number of amides is 1. The van der Waals surface area contributed by atoms with Crippen molar-refractivity contribution in [2.75, 3.05) is 13.1 Å². The third-order valence-corrected chi connectivity index (χ3v) is 4.40. The lowest BCUT2D eigenvalue weighted by atomic mass is 9.78. The number of likely N-dealkylation sites (tertiary alicyclic amines) is 1. The molecule has 2 atom stereocenters. The zero-order valence-electron chi connectivity index (χ0n) is 11.6. The van der Waals surface area contributed by atoms with Crippen LogP contribution in [0.15, 0.2) is 0 Å². The van der Waals surface area contributed by atoms with Gasteiger partial charge in [-0.15, -0.1) is 0 Å². The Morgan fingerprint density at radius 3 is 2.71 bits per heavy atom. The van der Waals surface area contributed by atoms with Crippen molar-refractivity contribution < 1.29 is 9.53 Å². The van der Waals surface area contributed by atoms with E-state index in [2.05, 4.69) is 6.92 Å². The molecular weight excluding hydrogens is 214 g/mol. The minimum absolute atomic E-state index is 0.125. The summed E-state index contributed by atoms with van der Waals surface area (Å²) in [5.41, 5.74) is 0.0189. The van der Waals surface area contributed by atoms with E-state index in [1.807, 2.05) is 25.7 Å². The average molecular weight is 239 g/mol. The molecule has 3 heteroatoms. The summed E-state index contributed by atoms with van der Waals surface area (Å²) in [6.07, 6.45) is 4.97. The maximum absolute atomic E-state index is 12.1. The minimum atomic E-state index is -0.381. The third-order valence-electron chi connectivity index (χ3n) is 4.40. The van der Waals surface area contributed by atoms with Crippen molar-refractivity contribution >= 4 is 6.09 Å². The maximum atomic E-state index is 12.1. The SMILES string of the molecule is CC[C@@]12CCC[C@H]1CN(C(=O)OC(C)(C)C)C2. The second-order valence-corrected chi connectivity index (χ2v) is 6.67. The molecule has 17 heavy (non-hydrogen) atoms. The smallest absolute Gasteiger partial charge is 0.410 e. The van der Waals surface area contributed by atoms with Gasteiger partial charge < -0.3 is 9.64 Å². The van der Waals surface area contributed by atoms with E-state index in [9.17, 15) is 4.79 Å². The quantitative estimate of drug-likeness (QED) is 0.701. The second kappa shape index (κ2) is 4.18. The van der Waals surface area contributed by atoms with Crippen LogP contribution in [0.1, 0.15) is 53.4 Å².